The monoisotopic (exact) mass is 201 g/mol. The Labute approximate surface area is 84.6 Å². The molecule has 0 aromatic rings. The molecule has 0 radical (unpaired) electrons. The van der Waals surface area contributed by atoms with Crippen LogP contribution < -0.4 is 5.32 Å². The summed E-state index contributed by atoms with van der Waals surface area (Å²) < 4.78 is 5.22. The number of hydrogen-bond donors (Lipinski definition) is 2. The van der Waals surface area contributed by atoms with Crippen molar-refractivity contribution < 1.29 is 14.6 Å². The third kappa shape index (κ3) is 3.64. The third-order valence-electron chi connectivity index (χ3n) is 2.72. The number of nitrogens with one attached hydrogen (secondary N) is 1. The summed E-state index contributed by atoms with van der Waals surface area (Å²) in [6, 6.07) is 0.442. The number of ether oxygens (including phenoxy) is 1. The fourth-order valence-electron chi connectivity index (χ4n) is 1.62. The minimum Gasteiger partial charge on any atom is -0.481 e. The Morgan fingerprint density at radius 1 is 1.57 bits per heavy atom. The van der Waals surface area contributed by atoms with Crippen molar-refractivity contribution in [2.24, 2.45) is 5.92 Å². The SMILES string of the molecule is CCC(CNC1CCOCC1)C(=O)O. The first-order chi connectivity index (χ1) is 6.74. The van der Waals surface area contributed by atoms with E-state index in [1.165, 1.54) is 0 Å². The Hall–Kier alpha value is -0.610. The van der Waals surface area contributed by atoms with Gasteiger partial charge < -0.3 is 15.2 Å². The number of aliphatic carboxylic acids is 1. The van der Waals surface area contributed by atoms with Crippen molar-refractivity contribution in [3.8, 4) is 0 Å². The van der Waals surface area contributed by atoms with Gasteiger partial charge in [-0.2, -0.15) is 0 Å². The molecule has 1 unspecified atom stereocenters. The van der Waals surface area contributed by atoms with Crippen molar-refractivity contribution in [1.29, 1.82) is 0 Å². The fraction of sp³-hybridized carbons (Fsp3) is 0.900. The number of hydrogen-bond acceptors (Lipinski definition) is 3. The zero-order chi connectivity index (χ0) is 10.4. The predicted octanol–water partition coefficient (Wildman–Crippen LogP) is 0.866. The lowest BCUT2D eigenvalue weighted by Gasteiger charge is -2.24. The van der Waals surface area contributed by atoms with E-state index in [2.05, 4.69) is 5.32 Å². The van der Waals surface area contributed by atoms with Gasteiger partial charge in [-0.1, -0.05) is 6.92 Å². The Balaban J connectivity index is 2.20. The Morgan fingerprint density at radius 3 is 2.71 bits per heavy atom. The van der Waals surface area contributed by atoms with E-state index in [9.17, 15) is 4.79 Å². The summed E-state index contributed by atoms with van der Waals surface area (Å²) in [5, 5.41) is 12.1. The predicted molar refractivity (Wildman–Crippen MR) is 53.3 cm³/mol. The van der Waals surface area contributed by atoms with E-state index in [4.69, 9.17) is 9.84 Å². The summed E-state index contributed by atoms with van der Waals surface area (Å²) in [4.78, 5) is 10.7. The number of carboxylic acids is 1. The summed E-state index contributed by atoms with van der Waals surface area (Å²) >= 11 is 0. The average molecular weight is 201 g/mol. The van der Waals surface area contributed by atoms with Gasteiger partial charge in [0, 0.05) is 25.8 Å². The molecule has 1 aliphatic heterocycles. The maximum absolute atomic E-state index is 10.7. The molecule has 0 saturated carbocycles. The van der Waals surface area contributed by atoms with Crippen molar-refractivity contribution in [3.05, 3.63) is 0 Å². The number of carboxylic acid groups (broad SMARTS) is 1. The maximum Gasteiger partial charge on any atom is 0.307 e. The molecule has 0 aromatic carbocycles. The lowest BCUT2D eigenvalue weighted by Crippen LogP contribution is -2.39. The van der Waals surface area contributed by atoms with Gasteiger partial charge in [0.25, 0.3) is 0 Å². The highest BCUT2D eigenvalue weighted by atomic mass is 16.5. The highest BCUT2D eigenvalue weighted by Gasteiger charge is 2.18. The van der Waals surface area contributed by atoms with Gasteiger partial charge in [-0.05, 0) is 19.3 Å². The zero-order valence-electron chi connectivity index (χ0n) is 8.66. The van der Waals surface area contributed by atoms with Crippen LogP contribution in [0.2, 0.25) is 0 Å². The minimum absolute atomic E-state index is 0.252. The van der Waals surface area contributed by atoms with Crippen molar-refractivity contribution >= 4 is 5.97 Å². The first kappa shape index (κ1) is 11.5. The van der Waals surface area contributed by atoms with E-state index in [-0.39, 0.29) is 5.92 Å². The summed E-state index contributed by atoms with van der Waals surface area (Å²) in [5.41, 5.74) is 0. The van der Waals surface area contributed by atoms with Crippen LogP contribution in [0.15, 0.2) is 0 Å². The second kappa shape index (κ2) is 5.98. The minimum atomic E-state index is -0.702. The molecule has 0 aliphatic carbocycles. The summed E-state index contributed by atoms with van der Waals surface area (Å²) in [6.45, 7) is 4.07. The van der Waals surface area contributed by atoms with Crippen LogP contribution in [0.5, 0.6) is 0 Å². The van der Waals surface area contributed by atoms with Gasteiger partial charge in [-0.15, -0.1) is 0 Å². The molecule has 0 amide bonds. The van der Waals surface area contributed by atoms with E-state index in [0.717, 1.165) is 26.1 Å². The topological polar surface area (TPSA) is 58.6 Å². The van der Waals surface area contributed by atoms with Crippen LogP contribution in [0, 0.1) is 5.92 Å². The molecule has 4 nitrogen and oxygen atoms in total. The molecule has 1 heterocycles. The largest absolute Gasteiger partial charge is 0.481 e. The lowest BCUT2D eigenvalue weighted by molar-refractivity contribution is -0.141. The molecular formula is C10H19NO3. The normalized spacial score (nSPS) is 20.6. The maximum atomic E-state index is 10.7. The molecule has 0 aromatic heterocycles. The molecule has 0 spiro atoms. The van der Waals surface area contributed by atoms with Gasteiger partial charge in [0.1, 0.15) is 0 Å². The van der Waals surface area contributed by atoms with Crippen molar-refractivity contribution in [2.45, 2.75) is 32.2 Å². The van der Waals surface area contributed by atoms with Crippen molar-refractivity contribution in [3.63, 3.8) is 0 Å². The highest BCUT2D eigenvalue weighted by Crippen LogP contribution is 2.08. The first-order valence-corrected chi connectivity index (χ1v) is 5.28. The molecule has 82 valence electrons. The van der Waals surface area contributed by atoms with Crippen LogP contribution >= 0.6 is 0 Å². The van der Waals surface area contributed by atoms with E-state index in [1.54, 1.807) is 0 Å². The van der Waals surface area contributed by atoms with Gasteiger partial charge in [0.05, 0.1) is 5.92 Å². The number of rotatable bonds is 5. The average Bonchev–Trinajstić information content (AvgIpc) is 2.20. The quantitative estimate of drug-likeness (QED) is 0.693. The second-order valence-electron chi connectivity index (χ2n) is 3.74. The second-order valence-corrected chi connectivity index (χ2v) is 3.74. The molecule has 2 N–H and O–H groups in total. The van der Waals surface area contributed by atoms with Crippen LogP contribution in [0.3, 0.4) is 0 Å². The van der Waals surface area contributed by atoms with E-state index >= 15 is 0 Å². The highest BCUT2D eigenvalue weighted by molar-refractivity contribution is 5.70. The molecule has 0 bridgehead atoms. The molecule has 1 saturated heterocycles. The first-order valence-electron chi connectivity index (χ1n) is 5.28. The molecule has 14 heavy (non-hydrogen) atoms. The third-order valence-corrected chi connectivity index (χ3v) is 2.72. The Bertz CT molecular complexity index is 178. The van der Waals surface area contributed by atoms with Crippen molar-refractivity contribution in [2.75, 3.05) is 19.8 Å². The van der Waals surface area contributed by atoms with Gasteiger partial charge in [0.15, 0.2) is 0 Å². The van der Waals surface area contributed by atoms with Gasteiger partial charge in [0.2, 0.25) is 0 Å². The van der Waals surface area contributed by atoms with Crippen LogP contribution in [-0.4, -0.2) is 36.9 Å². The summed E-state index contributed by atoms with van der Waals surface area (Å²) in [5.74, 6) is -0.954. The molecule has 1 fully saturated rings. The summed E-state index contributed by atoms with van der Waals surface area (Å²) in [6.07, 6.45) is 2.68. The Kier molecular flexibility index (Phi) is 4.90. The smallest absolute Gasteiger partial charge is 0.307 e. The van der Waals surface area contributed by atoms with Gasteiger partial charge in [-0.3, -0.25) is 4.79 Å². The van der Waals surface area contributed by atoms with Crippen LogP contribution in [0.1, 0.15) is 26.2 Å². The van der Waals surface area contributed by atoms with Crippen molar-refractivity contribution in [1.82, 2.24) is 5.32 Å². The van der Waals surface area contributed by atoms with Gasteiger partial charge in [-0.25, -0.2) is 0 Å². The molecule has 4 heteroatoms. The van der Waals surface area contributed by atoms with E-state index < -0.39 is 5.97 Å². The van der Waals surface area contributed by atoms with Crippen LogP contribution in [0.4, 0.5) is 0 Å². The molecule has 1 aliphatic rings. The van der Waals surface area contributed by atoms with E-state index in [0.29, 0.717) is 19.0 Å². The fourth-order valence-corrected chi connectivity index (χ4v) is 1.62. The lowest BCUT2D eigenvalue weighted by atomic mass is 10.0. The van der Waals surface area contributed by atoms with E-state index in [1.807, 2.05) is 6.92 Å². The standard InChI is InChI=1S/C10H19NO3/c1-2-8(10(12)13)7-11-9-3-5-14-6-4-9/h8-9,11H,2-7H2,1H3,(H,12,13). The van der Waals surface area contributed by atoms with Gasteiger partial charge >= 0.3 is 5.97 Å². The van der Waals surface area contributed by atoms with Crippen LogP contribution in [0.25, 0.3) is 0 Å². The molecule has 1 atom stereocenters. The Morgan fingerprint density at radius 2 is 2.21 bits per heavy atom. The summed E-state index contributed by atoms with van der Waals surface area (Å²) in [7, 11) is 0. The zero-order valence-corrected chi connectivity index (χ0v) is 8.66. The van der Waals surface area contributed by atoms with Crippen LogP contribution in [-0.2, 0) is 9.53 Å². The number of carbonyl (C=O) groups is 1. The molecular weight excluding hydrogens is 182 g/mol. The molecule has 1 rings (SSSR count).